The molecule has 210 valence electrons. The summed E-state index contributed by atoms with van der Waals surface area (Å²) in [5.41, 5.74) is 3.07. The van der Waals surface area contributed by atoms with Crippen LogP contribution in [-0.2, 0) is 16.0 Å². The highest BCUT2D eigenvalue weighted by Crippen LogP contribution is 2.50. The van der Waals surface area contributed by atoms with Crippen LogP contribution >= 0.6 is 0 Å². The van der Waals surface area contributed by atoms with Crippen LogP contribution in [-0.4, -0.2) is 45.7 Å². The molecule has 0 saturated heterocycles. The lowest BCUT2D eigenvalue weighted by molar-refractivity contribution is -0.122. The minimum atomic E-state index is -0.623. The first-order chi connectivity index (χ1) is 18.7. The molecular formula is C30H39N3O6. The molecule has 0 bridgehead atoms. The average molecular weight is 538 g/mol. The molecular weight excluding hydrogens is 498 g/mol. The Kier molecular flexibility index (Phi) is 9.98. The average Bonchev–Trinajstić information content (AvgIpc) is 3.17. The Balaban J connectivity index is 2.27. The molecule has 0 spiro atoms. The van der Waals surface area contributed by atoms with Crippen molar-refractivity contribution in [1.82, 2.24) is 10.6 Å². The predicted molar refractivity (Wildman–Crippen MR) is 153 cm³/mol. The molecule has 1 aliphatic carbocycles. The molecule has 9 heteroatoms. The number of rotatable bonds is 11. The van der Waals surface area contributed by atoms with Crippen LogP contribution in [0.15, 0.2) is 41.7 Å². The number of ether oxygens (including phenoxy) is 3. The molecule has 0 fully saturated rings. The third kappa shape index (κ3) is 6.35. The number of hydrogen-bond acceptors (Lipinski definition) is 7. The highest BCUT2D eigenvalue weighted by atomic mass is 16.5. The van der Waals surface area contributed by atoms with E-state index in [4.69, 9.17) is 14.2 Å². The minimum Gasteiger partial charge on any atom is -0.493 e. The third-order valence-electron chi connectivity index (χ3n) is 7.14. The summed E-state index contributed by atoms with van der Waals surface area (Å²) in [6, 6.07) is 5.93. The molecule has 0 aromatic heterocycles. The second kappa shape index (κ2) is 13.2. The summed E-state index contributed by atoms with van der Waals surface area (Å²) in [5, 5.41) is 9.02. The van der Waals surface area contributed by atoms with Crippen molar-refractivity contribution in [2.45, 2.75) is 52.1 Å². The number of aryl methyl sites for hydroxylation is 1. The first-order valence-electron chi connectivity index (χ1n) is 13.1. The molecule has 3 N–H and O–H groups in total. The fraction of sp³-hybridized carbons (Fsp3) is 0.433. The Morgan fingerprint density at radius 3 is 2.44 bits per heavy atom. The Morgan fingerprint density at radius 2 is 1.85 bits per heavy atom. The fourth-order valence-electron chi connectivity index (χ4n) is 4.98. The molecule has 2 aromatic carbocycles. The topological polar surface area (TPSA) is 115 Å². The molecule has 1 aliphatic rings. The molecule has 2 aromatic rings. The SMILES string of the molecule is C=CCNC(=O)[C@@H](Nc1ccc2c(cc1=O)[C@@H](NC(C)=O)CCc1cc(OC)c(OC)c(OC)c1-2)[C@H](C)CC. The van der Waals surface area contributed by atoms with Gasteiger partial charge in [0.15, 0.2) is 11.5 Å². The molecule has 0 aliphatic heterocycles. The normalized spacial score (nSPS) is 15.4. The van der Waals surface area contributed by atoms with E-state index in [9.17, 15) is 14.4 Å². The first kappa shape index (κ1) is 29.5. The summed E-state index contributed by atoms with van der Waals surface area (Å²) in [5.74, 6) is 0.990. The van der Waals surface area contributed by atoms with Gasteiger partial charge in [-0.15, -0.1) is 6.58 Å². The lowest BCUT2D eigenvalue weighted by atomic mass is 9.95. The van der Waals surface area contributed by atoms with E-state index in [1.807, 2.05) is 26.0 Å². The lowest BCUT2D eigenvalue weighted by Gasteiger charge is -2.23. The summed E-state index contributed by atoms with van der Waals surface area (Å²) in [6.45, 7) is 9.39. The summed E-state index contributed by atoms with van der Waals surface area (Å²) < 4.78 is 17.0. The van der Waals surface area contributed by atoms with E-state index in [0.29, 0.717) is 42.2 Å². The molecule has 2 amide bonds. The van der Waals surface area contributed by atoms with Gasteiger partial charge < -0.3 is 30.2 Å². The number of nitrogens with one attached hydrogen (secondary N) is 3. The van der Waals surface area contributed by atoms with Gasteiger partial charge in [0.05, 0.1) is 33.1 Å². The van der Waals surface area contributed by atoms with E-state index < -0.39 is 12.1 Å². The zero-order valence-electron chi connectivity index (χ0n) is 23.6. The van der Waals surface area contributed by atoms with Crippen LogP contribution < -0.4 is 35.6 Å². The number of amides is 2. The largest absolute Gasteiger partial charge is 0.493 e. The van der Waals surface area contributed by atoms with Gasteiger partial charge in [-0.25, -0.2) is 0 Å². The zero-order chi connectivity index (χ0) is 28.7. The Labute approximate surface area is 229 Å². The van der Waals surface area contributed by atoms with Gasteiger partial charge >= 0.3 is 0 Å². The van der Waals surface area contributed by atoms with Gasteiger partial charge in [0.1, 0.15) is 6.04 Å². The molecule has 3 rings (SSSR count). The summed E-state index contributed by atoms with van der Waals surface area (Å²) >= 11 is 0. The van der Waals surface area contributed by atoms with Crippen molar-refractivity contribution < 1.29 is 23.8 Å². The molecule has 0 unspecified atom stereocenters. The summed E-state index contributed by atoms with van der Waals surface area (Å²) in [7, 11) is 4.66. The van der Waals surface area contributed by atoms with Crippen molar-refractivity contribution in [2.75, 3.05) is 33.2 Å². The van der Waals surface area contributed by atoms with E-state index in [0.717, 1.165) is 23.1 Å². The van der Waals surface area contributed by atoms with E-state index in [-0.39, 0.29) is 28.8 Å². The van der Waals surface area contributed by atoms with E-state index >= 15 is 0 Å². The van der Waals surface area contributed by atoms with Crippen molar-refractivity contribution in [3.05, 3.63) is 58.3 Å². The van der Waals surface area contributed by atoms with E-state index in [2.05, 4.69) is 22.5 Å². The zero-order valence-corrected chi connectivity index (χ0v) is 23.6. The second-order valence-corrected chi connectivity index (χ2v) is 9.64. The standard InChI is InChI=1S/C30H39N3O6/c1-8-14-31-30(36)27(17(3)9-2)33-23-13-11-20-21(16-24(23)35)22(32-18(4)34)12-10-19-15-25(37-5)28(38-6)29(39-7)26(19)20/h8,11,13,15-17,22,27H,1,9-10,12,14H2,2-7H3,(H,31,36)(H,32,34)(H,33,35)/t17-,22+,27+/m1/s1. The van der Waals surface area contributed by atoms with Crippen LogP contribution in [0.1, 0.15) is 50.8 Å². The van der Waals surface area contributed by atoms with Crippen molar-refractivity contribution in [3.63, 3.8) is 0 Å². The van der Waals surface area contributed by atoms with Crippen molar-refractivity contribution in [3.8, 4) is 28.4 Å². The fourth-order valence-corrected chi connectivity index (χ4v) is 4.98. The summed E-state index contributed by atoms with van der Waals surface area (Å²) in [6.07, 6.45) is 3.51. The quantitative estimate of drug-likeness (QED) is 0.371. The van der Waals surface area contributed by atoms with E-state index in [1.54, 1.807) is 39.5 Å². The van der Waals surface area contributed by atoms with Gasteiger partial charge in [0.2, 0.25) is 23.0 Å². The van der Waals surface area contributed by atoms with Crippen molar-refractivity contribution in [2.24, 2.45) is 5.92 Å². The number of carbonyl (C=O) groups is 2. The lowest BCUT2D eigenvalue weighted by Crippen LogP contribution is -2.44. The van der Waals surface area contributed by atoms with Crippen LogP contribution in [0, 0.1) is 5.92 Å². The van der Waals surface area contributed by atoms with Crippen LogP contribution in [0.3, 0.4) is 0 Å². The maximum absolute atomic E-state index is 13.6. The van der Waals surface area contributed by atoms with Crippen LogP contribution in [0.2, 0.25) is 0 Å². The van der Waals surface area contributed by atoms with E-state index in [1.165, 1.54) is 6.92 Å². The second-order valence-electron chi connectivity index (χ2n) is 9.64. The van der Waals surface area contributed by atoms with Gasteiger partial charge in [-0.1, -0.05) is 32.4 Å². The third-order valence-corrected chi connectivity index (χ3v) is 7.14. The Morgan fingerprint density at radius 1 is 1.13 bits per heavy atom. The van der Waals surface area contributed by atoms with Crippen molar-refractivity contribution in [1.29, 1.82) is 0 Å². The molecule has 0 radical (unpaired) electrons. The van der Waals surface area contributed by atoms with Gasteiger partial charge in [-0.3, -0.25) is 14.4 Å². The monoisotopic (exact) mass is 537 g/mol. The molecule has 39 heavy (non-hydrogen) atoms. The van der Waals surface area contributed by atoms with Gasteiger partial charge in [-0.05, 0) is 53.6 Å². The van der Waals surface area contributed by atoms with Gasteiger partial charge in [0, 0.05) is 19.0 Å². The predicted octanol–water partition coefficient (Wildman–Crippen LogP) is 3.99. The summed E-state index contributed by atoms with van der Waals surface area (Å²) in [4.78, 5) is 38.7. The van der Waals surface area contributed by atoms with Crippen molar-refractivity contribution >= 4 is 17.5 Å². The Bertz CT molecular complexity index is 1290. The minimum absolute atomic E-state index is 0.0396. The maximum Gasteiger partial charge on any atom is 0.243 e. The maximum atomic E-state index is 13.6. The highest BCUT2D eigenvalue weighted by molar-refractivity contribution is 5.86. The smallest absolute Gasteiger partial charge is 0.243 e. The highest BCUT2D eigenvalue weighted by Gasteiger charge is 2.30. The molecule has 3 atom stereocenters. The van der Waals surface area contributed by atoms with Crippen LogP contribution in [0.25, 0.3) is 11.1 Å². The molecule has 0 heterocycles. The van der Waals surface area contributed by atoms with Crippen LogP contribution in [0.4, 0.5) is 5.69 Å². The Hall–Kier alpha value is -4.01. The number of methoxy groups -OCH3 is 3. The number of fused-ring (bicyclic) bond motifs is 3. The van der Waals surface area contributed by atoms with Gasteiger partial charge in [-0.2, -0.15) is 0 Å². The number of anilines is 1. The number of hydrogen-bond donors (Lipinski definition) is 3. The van der Waals surface area contributed by atoms with Gasteiger partial charge in [0.25, 0.3) is 0 Å². The molecule has 9 nitrogen and oxygen atoms in total. The molecule has 0 saturated carbocycles. The first-order valence-corrected chi connectivity index (χ1v) is 13.1. The van der Waals surface area contributed by atoms with Crippen LogP contribution in [0.5, 0.6) is 17.2 Å². The number of benzene rings is 1. The number of carbonyl (C=O) groups excluding carboxylic acids is 2.